The number of hydrogen-bond donors (Lipinski definition) is 3. The number of hydrogen-bond acceptors (Lipinski definition) is 10. The number of aliphatic hydroxyl groups is 2. The predicted molar refractivity (Wildman–Crippen MR) is 212 cm³/mol. The Labute approximate surface area is 332 Å². The second-order valence-electron chi connectivity index (χ2n) is 14.0. The lowest BCUT2D eigenvalue weighted by Crippen LogP contribution is -2.46. The molecule has 3 heterocycles. The van der Waals surface area contributed by atoms with E-state index < -0.39 is 5.60 Å². The Balaban J connectivity index is 1.13. The van der Waals surface area contributed by atoms with Crippen molar-refractivity contribution in [1.29, 1.82) is 5.26 Å². The molecule has 2 aromatic heterocycles. The minimum atomic E-state index is -0.953. The fourth-order valence-electron chi connectivity index (χ4n) is 6.67. The Hall–Kier alpha value is -4.67. The third kappa shape index (κ3) is 10.6. The van der Waals surface area contributed by atoms with Gasteiger partial charge in [0.25, 0.3) is 0 Å². The lowest BCUT2D eigenvalue weighted by molar-refractivity contribution is -0.0596. The van der Waals surface area contributed by atoms with Crippen LogP contribution in [0.25, 0.3) is 11.1 Å². The molecule has 3 N–H and O–H groups in total. The van der Waals surface area contributed by atoms with Crippen LogP contribution < -0.4 is 14.2 Å². The summed E-state index contributed by atoms with van der Waals surface area (Å²) >= 11 is 13.8. The van der Waals surface area contributed by atoms with Gasteiger partial charge in [-0.25, -0.2) is 0 Å². The first-order valence-electron chi connectivity index (χ1n) is 18.3. The van der Waals surface area contributed by atoms with Gasteiger partial charge in [-0.3, -0.25) is 15.0 Å². The zero-order valence-electron chi connectivity index (χ0n) is 31.1. The van der Waals surface area contributed by atoms with Crippen LogP contribution in [0.1, 0.15) is 52.8 Å². The third-order valence-electron chi connectivity index (χ3n) is 9.90. The number of benzene rings is 3. The molecule has 1 aliphatic heterocycles. The van der Waals surface area contributed by atoms with Gasteiger partial charge in [-0.2, -0.15) is 10.4 Å². The maximum Gasteiger partial charge on any atom is 0.142 e. The van der Waals surface area contributed by atoms with Crippen LogP contribution in [0.2, 0.25) is 10.0 Å². The summed E-state index contributed by atoms with van der Waals surface area (Å²) in [6.07, 6.45) is 6.95. The van der Waals surface area contributed by atoms with Crippen molar-refractivity contribution in [3.05, 3.63) is 123 Å². The number of nitrogens with one attached hydrogen (secondary N) is 1. The summed E-state index contributed by atoms with van der Waals surface area (Å²) < 4.78 is 18.8. The van der Waals surface area contributed by atoms with Crippen molar-refractivity contribution in [1.82, 2.24) is 25.0 Å². The summed E-state index contributed by atoms with van der Waals surface area (Å²) in [6.45, 7) is 6.33. The molecule has 6 rings (SSSR count). The highest BCUT2D eigenvalue weighted by Crippen LogP contribution is 2.39. The molecule has 13 heteroatoms. The zero-order chi connectivity index (χ0) is 38.8. The first kappa shape index (κ1) is 40.0. The van der Waals surface area contributed by atoms with Crippen LogP contribution in [-0.2, 0) is 26.3 Å². The van der Waals surface area contributed by atoms with E-state index in [1.54, 1.807) is 18.5 Å². The number of aliphatic hydroxyl groups excluding tert-OH is 1. The molecule has 1 aliphatic rings. The molecule has 0 bridgehead atoms. The molecule has 0 radical (unpaired) electrons. The van der Waals surface area contributed by atoms with Crippen LogP contribution in [0, 0.1) is 18.3 Å². The second-order valence-corrected chi connectivity index (χ2v) is 14.8. The van der Waals surface area contributed by atoms with Gasteiger partial charge in [-0.1, -0.05) is 53.5 Å². The van der Waals surface area contributed by atoms with E-state index in [4.69, 9.17) is 37.4 Å². The molecule has 0 spiro atoms. The Kier molecular flexibility index (Phi) is 13.7. The van der Waals surface area contributed by atoms with E-state index in [9.17, 15) is 15.5 Å². The van der Waals surface area contributed by atoms with Gasteiger partial charge < -0.3 is 29.3 Å². The minimum absolute atomic E-state index is 0.194. The monoisotopic (exact) mass is 784 g/mol. The maximum atomic E-state index is 10.3. The molecule has 3 aromatic carbocycles. The quantitative estimate of drug-likeness (QED) is 0.0821. The Morgan fingerprint density at radius 1 is 0.927 bits per heavy atom. The van der Waals surface area contributed by atoms with E-state index in [0.717, 1.165) is 65.1 Å². The number of likely N-dealkylation sites (tertiary alicyclic amines) is 1. The van der Waals surface area contributed by atoms with E-state index in [2.05, 4.69) is 31.1 Å². The lowest BCUT2D eigenvalue weighted by atomic mass is 9.92. The first-order chi connectivity index (χ1) is 26.6. The van der Waals surface area contributed by atoms with Crippen LogP contribution in [0.5, 0.6) is 17.2 Å². The van der Waals surface area contributed by atoms with Crippen molar-refractivity contribution in [3.63, 3.8) is 0 Å². The number of nitrogens with zero attached hydrogens (tertiary/aromatic N) is 5. The summed E-state index contributed by atoms with van der Waals surface area (Å²) in [7, 11) is 2.00. The number of aromatic amines is 1. The average molecular weight is 786 g/mol. The van der Waals surface area contributed by atoms with Crippen molar-refractivity contribution in [2.75, 3.05) is 39.9 Å². The zero-order valence-corrected chi connectivity index (χ0v) is 32.6. The molecule has 0 aliphatic carbocycles. The van der Waals surface area contributed by atoms with Crippen molar-refractivity contribution < 1.29 is 24.4 Å². The first-order valence-corrected chi connectivity index (χ1v) is 19.1. The molecule has 288 valence electrons. The summed E-state index contributed by atoms with van der Waals surface area (Å²) in [5.41, 5.74) is 5.89. The molecule has 0 saturated carbocycles. The van der Waals surface area contributed by atoms with Gasteiger partial charge in [0.1, 0.15) is 36.5 Å². The standard InChI is InChI=1S/C42H46Cl2N6O5/c1-29-32(6-3-7-35(29)36-8-4-9-38(41(36)44)53-17-5-14-50-15-11-42(52,28-51)12-16-50)27-55-40-20-39(54-26-31-18-30(21-45)22-46-23-31)33(19-37(40)43)24-49(2)25-34-10-13-47-48-34/h3-4,6-10,13,18-20,22-23,51-52H,5,11-12,14-17,24-28H2,1-2H3,(H,47,48). The highest BCUT2D eigenvalue weighted by molar-refractivity contribution is 6.35. The third-order valence-corrected chi connectivity index (χ3v) is 10.6. The van der Waals surface area contributed by atoms with Gasteiger partial charge in [0.15, 0.2) is 0 Å². The maximum absolute atomic E-state index is 10.3. The van der Waals surface area contributed by atoms with Gasteiger partial charge in [-0.15, -0.1) is 0 Å². The van der Waals surface area contributed by atoms with E-state index in [-0.39, 0.29) is 19.8 Å². The van der Waals surface area contributed by atoms with Gasteiger partial charge in [0, 0.05) is 74.1 Å². The van der Waals surface area contributed by atoms with Gasteiger partial charge in [0.2, 0.25) is 0 Å². The number of halogens is 2. The van der Waals surface area contributed by atoms with Crippen molar-refractivity contribution in [2.24, 2.45) is 0 Å². The number of ether oxygens (including phenoxy) is 3. The number of aromatic nitrogens is 3. The summed E-state index contributed by atoms with van der Waals surface area (Å²) in [4.78, 5) is 8.57. The lowest BCUT2D eigenvalue weighted by Gasteiger charge is -2.36. The molecular weight excluding hydrogens is 739 g/mol. The summed E-state index contributed by atoms with van der Waals surface area (Å²) in [5.74, 6) is 1.71. The fourth-order valence-corrected chi connectivity index (χ4v) is 7.20. The van der Waals surface area contributed by atoms with E-state index in [1.807, 2.05) is 68.6 Å². The molecule has 1 fully saturated rings. The van der Waals surface area contributed by atoms with E-state index in [0.29, 0.717) is 65.4 Å². The highest BCUT2D eigenvalue weighted by Gasteiger charge is 2.31. The number of piperidine rings is 1. The largest absolute Gasteiger partial charge is 0.492 e. The Bertz CT molecular complexity index is 2080. The predicted octanol–water partition coefficient (Wildman–Crippen LogP) is 7.34. The Morgan fingerprint density at radius 2 is 1.71 bits per heavy atom. The van der Waals surface area contributed by atoms with Crippen LogP contribution >= 0.6 is 23.2 Å². The van der Waals surface area contributed by atoms with Crippen molar-refractivity contribution in [2.45, 2.75) is 58.1 Å². The van der Waals surface area contributed by atoms with Crippen LogP contribution in [0.3, 0.4) is 0 Å². The molecule has 0 atom stereocenters. The molecule has 11 nitrogen and oxygen atoms in total. The SMILES string of the molecule is Cc1c(COc2cc(OCc3cncc(C#N)c3)c(CN(C)Cc3cc[nH]n3)cc2Cl)cccc1-c1cccc(OCCCN2CCC(O)(CO)CC2)c1Cl. The topological polar surface area (TPSA) is 140 Å². The van der Waals surface area contributed by atoms with Gasteiger partial charge in [0.05, 0.1) is 40.1 Å². The molecular formula is C42H46Cl2N6O5. The number of pyridine rings is 1. The van der Waals surface area contributed by atoms with Crippen LogP contribution in [0.15, 0.2) is 79.3 Å². The second kappa shape index (κ2) is 18.8. The van der Waals surface area contributed by atoms with Crippen LogP contribution in [0.4, 0.5) is 0 Å². The normalized spacial score (nSPS) is 14.1. The van der Waals surface area contributed by atoms with Gasteiger partial charge in [-0.05, 0) is 74.2 Å². The molecule has 0 amide bonds. The number of H-pyrrole nitrogens is 1. The summed E-state index contributed by atoms with van der Waals surface area (Å²) in [5, 5.41) is 37.2. The van der Waals surface area contributed by atoms with E-state index >= 15 is 0 Å². The van der Waals surface area contributed by atoms with Crippen molar-refractivity contribution in [3.8, 4) is 34.4 Å². The Morgan fingerprint density at radius 3 is 2.47 bits per heavy atom. The van der Waals surface area contributed by atoms with Crippen LogP contribution in [-0.4, -0.2) is 80.7 Å². The molecule has 1 saturated heterocycles. The molecule has 0 unspecified atom stereocenters. The van der Waals surface area contributed by atoms with E-state index in [1.165, 1.54) is 6.20 Å². The highest BCUT2D eigenvalue weighted by atomic mass is 35.5. The van der Waals surface area contributed by atoms with Crippen molar-refractivity contribution >= 4 is 23.2 Å². The minimum Gasteiger partial charge on any atom is -0.492 e. The number of nitriles is 1. The van der Waals surface area contributed by atoms with Gasteiger partial charge >= 0.3 is 0 Å². The number of rotatable bonds is 17. The smallest absolute Gasteiger partial charge is 0.142 e. The average Bonchev–Trinajstić information content (AvgIpc) is 3.70. The molecule has 55 heavy (non-hydrogen) atoms. The molecule has 5 aromatic rings. The summed E-state index contributed by atoms with van der Waals surface area (Å²) in [6, 6.07) is 21.4. The fraction of sp³-hybridized carbons (Fsp3) is 0.357.